The molecular formula is C14H14Cl2N2O. The Morgan fingerprint density at radius 2 is 1.79 bits per heavy atom. The molecule has 0 atom stereocenters. The Bertz CT molecular complexity index is 564. The molecule has 0 aromatic heterocycles. The molecule has 0 amide bonds. The number of anilines is 2. The van der Waals surface area contributed by atoms with Gasteiger partial charge >= 0.3 is 0 Å². The molecule has 2 rings (SSSR count). The highest BCUT2D eigenvalue weighted by molar-refractivity contribution is 6.39. The zero-order valence-corrected chi connectivity index (χ0v) is 11.9. The number of ether oxygens (including phenoxy) is 1. The Morgan fingerprint density at radius 1 is 1.16 bits per heavy atom. The Labute approximate surface area is 122 Å². The minimum absolute atomic E-state index is 0.500. The quantitative estimate of drug-likeness (QED) is 0.832. The second kappa shape index (κ2) is 6.04. The summed E-state index contributed by atoms with van der Waals surface area (Å²) in [5.41, 5.74) is 7.90. The van der Waals surface area contributed by atoms with Crippen LogP contribution in [0.4, 0.5) is 11.4 Å². The van der Waals surface area contributed by atoms with E-state index in [1.807, 2.05) is 24.3 Å². The SMILES string of the molecule is COc1ccccc1CNc1c(Cl)cc(N)cc1Cl. The van der Waals surface area contributed by atoms with E-state index in [2.05, 4.69) is 5.32 Å². The topological polar surface area (TPSA) is 47.3 Å². The van der Waals surface area contributed by atoms with E-state index in [0.29, 0.717) is 28.0 Å². The summed E-state index contributed by atoms with van der Waals surface area (Å²) in [6, 6.07) is 11.1. The second-order valence-electron chi connectivity index (χ2n) is 4.02. The molecule has 0 aliphatic carbocycles. The van der Waals surface area contributed by atoms with E-state index in [1.165, 1.54) is 0 Å². The standard InChI is InChI=1S/C14H14Cl2N2O/c1-19-13-5-3-2-4-9(13)8-18-14-11(15)6-10(17)7-12(14)16/h2-7,18H,8,17H2,1H3. The van der Waals surface area contributed by atoms with Gasteiger partial charge < -0.3 is 15.8 Å². The fourth-order valence-electron chi connectivity index (χ4n) is 1.79. The molecule has 3 nitrogen and oxygen atoms in total. The average molecular weight is 297 g/mol. The third-order valence-electron chi connectivity index (χ3n) is 2.71. The molecule has 0 aliphatic rings. The van der Waals surface area contributed by atoms with Crippen molar-refractivity contribution in [3.05, 3.63) is 52.0 Å². The van der Waals surface area contributed by atoms with E-state index in [1.54, 1.807) is 19.2 Å². The summed E-state index contributed by atoms with van der Waals surface area (Å²) >= 11 is 12.2. The lowest BCUT2D eigenvalue weighted by atomic mass is 10.2. The maximum absolute atomic E-state index is 6.12. The Kier molecular flexibility index (Phi) is 4.40. The summed E-state index contributed by atoms with van der Waals surface area (Å²) in [6.45, 7) is 0.563. The van der Waals surface area contributed by atoms with Gasteiger partial charge in [-0.3, -0.25) is 0 Å². The molecule has 5 heteroatoms. The van der Waals surface area contributed by atoms with Crippen LogP contribution in [0.1, 0.15) is 5.56 Å². The molecule has 0 heterocycles. The van der Waals surface area contributed by atoms with Crippen molar-refractivity contribution in [2.75, 3.05) is 18.2 Å². The van der Waals surface area contributed by atoms with Gasteiger partial charge in [-0.2, -0.15) is 0 Å². The van der Waals surface area contributed by atoms with Crippen molar-refractivity contribution in [3.63, 3.8) is 0 Å². The normalized spacial score (nSPS) is 10.3. The predicted octanol–water partition coefficient (Wildman–Crippen LogP) is 4.20. The maximum atomic E-state index is 6.12. The van der Waals surface area contributed by atoms with Crippen LogP contribution in [0.5, 0.6) is 5.75 Å². The van der Waals surface area contributed by atoms with Crippen LogP contribution in [0.2, 0.25) is 10.0 Å². The van der Waals surface area contributed by atoms with E-state index in [9.17, 15) is 0 Å². The number of benzene rings is 2. The van der Waals surface area contributed by atoms with Crippen LogP contribution < -0.4 is 15.8 Å². The highest BCUT2D eigenvalue weighted by Crippen LogP contribution is 2.33. The van der Waals surface area contributed by atoms with Gasteiger partial charge in [0.25, 0.3) is 0 Å². The van der Waals surface area contributed by atoms with Gasteiger partial charge in [0.2, 0.25) is 0 Å². The first-order valence-electron chi connectivity index (χ1n) is 5.72. The number of hydrogen-bond acceptors (Lipinski definition) is 3. The zero-order chi connectivity index (χ0) is 13.8. The van der Waals surface area contributed by atoms with Crippen LogP contribution in [-0.2, 0) is 6.54 Å². The molecule has 0 saturated carbocycles. The molecule has 0 fully saturated rings. The highest BCUT2D eigenvalue weighted by atomic mass is 35.5. The molecule has 3 N–H and O–H groups in total. The fourth-order valence-corrected chi connectivity index (χ4v) is 2.43. The minimum Gasteiger partial charge on any atom is -0.496 e. The van der Waals surface area contributed by atoms with E-state index in [4.69, 9.17) is 33.7 Å². The highest BCUT2D eigenvalue weighted by Gasteiger charge is 2.08. The first-order valence-corrected chi connectivity index (χ1v) is 6.47. The average Bonchev–Trinajstić information content (AvgIpc) is 2.38. The van der Waals surface area contributed by atoms with Gasteiger partial charge in [-0.05, 0) is 18.2 Å². The van der Waals surface area contributed by atoms with Gasteiger partial charge in [0, 0.05) is 17.8 Å². The second-order valence-corrected chi connectivity index (χ2v) is 4.84. The monoisotopic (exact) mass is 296 g/mol. The van der Waals surface area contributed by atoms with Gasteiger partial charge in [-0.15, -0.1) is 0 Å². The van der Waals surface area contributed by atoms with Crippen LogP contribution in [0.25, 0.3) is 0 Å². The van der Waals surface area contributed by atoms with Crippen molar-refractivity contribution in [1.82, 2.24) is 0 Å². The third-order valence-corrected chi connectivity index (χ3v) is 3.31. The predicted molar refractivity (Wildman–Crippen MR) is 81.2 cm³/mol. The smallest absolute Gasteiger partial charge is 0.123 e. The lowest BCUT2D eigenvalue weighted by Crippen LogP contribution is -2.03. The third kappa shape index (κ3) is 3.25. The number of nitrogen functional groups attached to an aromatic ring is 1. The number of halogens is 2. The van der Waals surface area contributed by atoms with Crippen molar-refractivity contribution in [1.29, 1.82) is 0 Å². The van der Waals surface area contributed by atoms with Crippen molar-refractivity contribution < 1.29 is 4.74 Å². The van der Waals surface area contributed by atoms with Crippen molar-refractivity contribution in [2.45, 2.75) is 6.54 Å². The summed E-state index contributed by atoms with van der Waals surface area (Å²) in [7, 11) is 1.64. The van der Waals surface area contributed by atoms with Crippen LogP contribution in [0.3, 0.4) is 0 Å². The molecule has 2 aromatic rings. The summed E-state index contributed by atoms with van der Waals surface area (Å²) in [6.07, 6.45) is 0. The maximum Gasteiger partial charge on any atom is 0.123 e. The van der Waals surface area contributed by atoms with Crippen LogP contribution in [0.15, 0.2) is 36.4 Å². The number of nitrogens with two attached hydrogens (primary N) is 1. The van der Waals surface area contributed by atoms with Crippen molar-refractivity contribution in [2.24, 2.45) is 0 Å². The lowest BCUT2D eigenvalue weighted by Gasteiger charge is -2.13. The van der Waals surface area contributed by atoms with Gasteiger partial charge in [0.15, 0.2) is 0 Å². The molecule has 0 unspecified atom stereocenters. The molecular weight excluding hydrogens is 283 g/mol. The molecule has 2 aromatic carbocycles. The van der Waals surface area contributed by atoms with Gasteiger partial charge in [0.1, 0.15) is 5.75 Å². The molecule has 0 aliphatic heterocycles. The Balaban J connectivity index is 2.19. The molecule has 0 radical (unpaired) electrons. The van der Waals surface area contributed by atoms with E-state index >= 15 is 0 Å². The van der Waals surface area contributed by atoms with E-state index < -0.39 is 0 Å². The first kappa shape index (κ1) is 13.8. The fraction of sp³-hybridized carbons (Fsp3) is 0.143. The zero-order valence-electron chi connectivity index (χ0n) is 10.4. The molecule has 0 spiro atoms. The number of rotatable bonds is 4. The summed E-state index contributed by atoms with van der Waals surface area (Å²) in [5.74, 6) is 0.817. The summed E-state index contributed by atoms with van der Waals surface area (Å²) in [4.78, 5) is 0. The largest absolute Gasteiger partial charge is 0.496 e. The van der Waals surface area contributed by atoms with E-state index in [-0.39, 0.29) is 0 Å². The number of methoxy groups -OCH3 is 1. The first-order chi connectivity index (χ1) is 9.11. The van der Waals surface area contributed by atoms with Crippen LogP contribution in [-0.4, -0.2) is 7.11 Å². The van der Waals surface area contributed by atoms with Crippen LogP contribution in [0, 0.1) is 0 Å². The Hall–Kier alpha value is -1.58. The molecule has 0 saturated heterocycles. The number of hydrogen-bond donors (Lipinski definition) is 2. The molecule has 0 bridgehead atoms. The minimum atomic E-state index is 0.500. The molecule has 100 valence electrons. The number of nitrogens with one attached hydrogen (secondary N) is 1. The Morgan fingerprint density at radius 3 is 2.42 bits per heavy atom. The number of para-hydroxylation sites is 1. The van der Waals surface area contributed by atoms with Crippen LogP contribution >= 0.6 is 23.2 Å². The van der Waals surface area contributed by atoms with Crippen molar-refractivity contribution in [3.8, 4) is 5.75 Å². The van der Waals surface area contributed by atoms with Gasteiger partial charge in [-0.25, -0.2) is 0 Å². The van der Waals surface area contributed by atoms with Crippen molar-refractivity contribution >= 4 is 34.6 Å². The molecule has 19 heavy (non-hydrogen) atoms. The summed E-state index contributed by atoms with van der Waals surface area (Å²) < 4.78 is 5.29. The van der Waals surface area contributed by atoms with E-state index in [0.717, 1.165) is 11.3 Å². The van der Waals surface area contributed by atoms with Gasteiger partial charge in [0.05, 0.1) is 22.8 Å². The summed E-state index contributed by atoms with van der Waals surface area (Å²) in [5, 5.41) is 4.20. The lowest BCUT2D eigenvalue weighted by molar-refractivity contribution is 0.410. The van der Waals surface area contributed by atoms with Gasteiger partial charge in [-0.1, -0.05) is 41.4 Å².